The van der Waals surface area contributed by atoms with Crippen LogP contribution in [0.2, 0.25) is 0 Å². The third kappa shape index (κ3) is 4.48. The van der Waals surface area contributed by atoms with Gasteiger partial charge in [0.1, 0.15) is 17.7 Å². The van der Waals surface area contributed by atoms with Gasteiger partial charge in [-0.1, -0.05) is 16.9 Å². The van der Waals surface area contributed by atoms with Gasteiger partial charge < -0.3 is 15.1 Å². The van der Waals surface area contributed by atoms with E-state index < -0.39 is 11.6 Å². The van der Waals surface area contributed by atoms with Crippen LogP contribution in [-0.2, 0) is 14.4 Å². The van der Waals surface area contributed by atoms with Crippen molar-refractivity contribution in [1.82, 2.24) is 10.2 Å². The van der Waals surface area contributed by atoms with Crippen molar-refractivity contribution in [3.05, 3.63) is 34.9 Å². The molecule has 3 aliphatic heterocycles. The van der Waals surface area contributed by atoms with Crippen LogP contribution in [0.1, 0.15) is 43.2 Å². The van der Waals surface area contributed by atoms with Crippen molar-refractivity contribution in [3.8, 4) is 0 Å². The second-order valence-electron chi connectivity index (χ2n) is 7.60. The Morgan fingerprint density at radius 3 is 2.60 bits per heavy atom. The van der Waals surface area contributed by atoms with E-state index in [-0.39, 0.29) is 29.4 Å². The van der Waals surface area contributed by atoms with Crippen molar-refractivity contribution in [2.45, 2.75) is 38.2 Å². The lowest BCUT2D eigenvalue weighted by Crippen LogP contribution is -2.36. The molecule has 1 N–H and O–H groups in total. The molecule has 1 saturated heterocycles. The summed E-state index contributed by atoms with van der Waals surface area (Å²) >= 11 is 1.41. The fourth-order valence-electron chi connectivity index (χ4n) is 3.93. The monoisotopic (exact) mass is 436 g/mol. The predicted octanol–water partition coefficient (Wildman–Crippen LogP) is 2.40. The smallest absolute Gasteiger partial charge is 0.258 e. The second-order valence-corrected chi connectivity index (χ2v) is 8.54. The summed E-state index contributed by atoms with van der Waals surface area (Å²) in [6.45, 7) is 2.91. The summed E-state index contributed by atoms with van der Waals surface area (Å²) in [4.78, 5) is 33.6. The Labute approximate surface area is 176 Å². The van der Waals surface area contributed by atoms with Crippen LogP contribution in [0.5, 0.6) is 0 Å². The zero-order chi connectivity index (χ0) is 21.3. The summed E-state index contributed by atoms with van der Waals surface area (Å²) in [7, 11) is 0. The van der Waals surface area contributed by atoms with E-state index in [1.54, 1.807) is 0 Å². The normalized spacial score (nSPS) is 22.0. The molecule has 4 rings (SSSR count). The molecule has 0 bridgehead atoms. The molecule has 0 saturated carbocycles. The molecule has 3 heterocycles. The molecule has 0 radical (unpaired) electrons. The molecule has 160 valence electrons. The highest BCUT2D eigenvalue weighted by molar-refractivity contribution is 8.14. The van der Waals surface area contributed by atoms with E-state index in [4.69, 9.17) is 4.84 Å². The van der Waals surface area contributed by atoms with Gasteiger partial charge in [0.05, 0.1) is 18.0 Å². The molecule has 7 nitrogen and oxygen atoms in total. The number of aliphatic imine (C=N–C) groups is 1. The predicted molar refractivity (Wildman–Crippen MR) is 110 cm³/mol. The molecular weight excluding hydrogens is 414 g/mol. The molecule has 0 spiro atoms. The number of amides is 2. The first-order valence-corrected chi connectivity index (χ1v) is 10.8. The molecule has 30 heavy (non-hydrogen) atoms. The number of halogens is 2. The van der Waals surface area contributed by atoms with E-state index in [0.717, 1.165) is 0 Å². The van der Waals surface area contributed by atoms with E-state index in [1.807, 2.05) is 4.90 Å². The lowest BCUT2D eigenvalue weighted by molar-refractivity contribution is -0.119. The highest BCUT2D eigenvalue weighted by Crippen LogP contribution is 2.34. The van der Waals surface area contributed by atoms with Crippen LogP contribution < -0.4 is 5.32 Å². The summed E-state index contributed by atoms with van der Waals surface area (Å²) in [5, 5.41) is 7.29. The quantitative estimate of drug-likeness (QED) is 0.784. The maximum absolute atomic E-state index is 14.9. The summed E-state index contributed by atoms with van der Waals surface area (Å²) in [5.74, 6) is -1.35. The highest BCUT2D eigenvalue weighted by Gasteiger charge is 2.30. The summed E-state index contributed by atoms with van der Waals surface area (Å²) < 4.78 is 29.7. The number of benzene rings is 1. The minimum Gasteiger partial charge on any atom is -0.390 e. The molecule has 1 unspecified atom stereocenters. The zero-order valence-corrected chi connectivity index (χ0v) is 17.3. The van der Waals surface area contributed by atoms with Gasteiger partial charge in [0.15, 0.2) is 5.17 Å². The molecule has 0 aliphatic carbocycles. The van der Waals surface area contributed by atoms with Gasteiger partial charge in [-0.25, -0.2) is 8.78 Å². The van der Waals surface area contributed by atoms with Gasteiger partial charge >= 0.3 is 0 Å². The number of likely N-dealkylation sites (tertiary alicyclic amines) is 1. The van der Waals surface area contributed by atoms with Crippen molar-refractivity contribution in [2.24, 2.45) is 10.1 Å². The van der Waals surface area contributed by atoms with E-state index in [0.29, 0.717) is 61.1 Å². The van der Waals surface area contributed by atoms with Crippen LogP contribution in [0.15, 0.2) is 22.3 Å². The van der Waals surface area contributed by atoms with Crippen molar-refractivity contribution in [3.63, 3.8) is 0 Å². The summed E-state index contributed by atoms with van der Waals surface area (Å²) in [6, 6.07) is 2.62. The molecule has 2 amide bonds. The van der Waals surface area contributed by atoms with Crippen LogP contribution in [0.25, 0.3) is 0 Å². The number of oxime groups is 1. The van der Waals surface area contributed by atoms with Gasteiger partial charge in [-0.05, 0) is 30.9 Å². The molecular formula is C20H22F2N4O3S. The number of rotatable bonds is 4. The van der Waals surface area contributed by atoms with E-state index in [2.05, 4.69) is 15.5 Å². The Hall–Kier alpha value is -2.49. The number of carbonyl (C=O) groups is 2. The number of piperidine rings is 1. The summed E-state index contributed by atoms with van der Waals surface area (Å²) in [5.41, 5.74) is 0.919. The van der Waals surface area contributed by atoms with Crippen LogP contribution in [-0.4, -0.2) is 59.1 Å². The van der Waals surface area contributed by atoms with Gasteiger partial charge in [0.25, 0.3) is 5.91 Å². The number of carbonyl (C=O) groups excluding carboxylic acids is 2. The summed E-state index contributed by atoms with van der Waals surface area (Å²) in [6.07, 6.45) is 1.20. The Morgan fingerprint density at radius 1 is 1.30 bits per heavy atom. The van der Waals surface area contributed by atoms with Gasteiger partial charge in [0.2, 0.25) is 5.91 Å². The molecule has 1 fully saturated rings. The largest absolute Gasteiger partial charge is 0.390 e. The Bertz CT molecular complexity index is 906. The van der Waals surface area contributed by atoms with Gasteiger partial charge in [0, 0.05) is 37.6 Å². The van der Waals surface area contributed by atoms with E-state index in [9.17, 15) is 18.4 Å². The van der Waals surface area contributed by atoms with Crippen LogP contribution in [0.3, 0.4) is 0 Å². The number of nitrogens with zero attached hydrogens (tertiary/aromatic N) is 3. The molecule has 1 aromatic carbocycles. The van der Waals surface area contributed by atoms with Crippen LogP contribution >= 0.6 is 11.8 Å². The average Bonchev–Trinajstić information content (AvgIpc) is 3.35. The molecule has 10 heteroatoms. The number of hydrogen-bond acceptors (Lipinski definition) is 6. The fourth-order valence-corrected chi connectivity index (χ4v) is 4.77. The molecule has 0 aromatic heterocycles. The molecule has 1 aromatic rings. The Morgan fingerprint density at radius 2 is 2.00 bits per heavy atom. The van der Waals surface area contributed by atoms with Gasteiger partial charge in [-0.2, -0.15) is 4.99 Å². The van der Waals surface area contributed by atoms with Crippen molar-refractivity contribution >= 4 is 34.5 Å². The first kappa shape index (κ1) is 20.8. The lowest BCUT2D eigenvalue weighted by atomic mass is 9.87. The van der Waals surface area contributed by atoms with E-state index >= 15 is 0 Å². The average molecular weight is 436 g/mol. The maximum Gasteiger partial charge on any atom is 0.258 e. The van der Waals surface area contributed by atoms with Crippen molar-refractivity contribution in [1.29, 1.82) is 0 Å². The number of nitrogens with one attached hydrogen (secondary N) is 1. The number of amidine groups is 1. The SMILES string of the molecule is CC(=O)NCC1CC(c2cc(F)c(C3CCN(C4=NC(=O)CS4)CC3)c(F)c2)=NO1. The first-order valence-electron chi connectivity index (χ1n) is 9.86. The topological polar surface area (TPSA) is 83.4 Å². The van der Waals surface area contributed by atoms with Crippen LogP contribution in [0.4, 0.5) is 8.78 Å². The minimum absolute atomic E-state index is 0.102. The maximum atomic E-state index is 14.9. The van der Waals surface area contributed by atoms with Crippen molar-refractivity contribution in [2.75, 3.05) is 25.4 Å². The van der Waals surface area contributed by atoms with Gasteiger partial charge in [-0.15, -0.1) is 0 Å². The highest BCUT2D eigenvalue weighted by atomic mass is 32.2. The van der Waals surface area contributed by atoms with E-state index in [1.165, 1.54) is 30.8 Å². The third-order valence-electron chi connectivity index (χ3n) is 5.44. The minimum atomic E-state index is -0.584. The Balaban J connectivity index is 1.41. The van der Waals surface area contributed by atoms with Crippen molar-refractivity contribution < 1.29 is 23.2 Å². The first-order chi connectivity index (χ1) is 14.4. The molecule has 1 atom stereocenters. The standard InChI is InChI=1S/C20H22F2N4O3S/c1-11(27)23-9-14-8-17(25-29-14)13-6-15(21)19(16(22)7-13)12-2-4-26(5-3-12)20-24-18(28)10-30-20/h6-7,12,14H,2-5,8-10H2,1H3,(H,23,27). The molecule has 3 aliphatic rings. The third-order valence-corrected chi connectivity index (χ3v) is 6.44. The number of hydrogen-bond donors (Lipinski definition) is 1. The number of thioether (sulfide) groups is 1. The van der Waals surface area contributed by atoms with Gasteiger partial charge in [-0.3, -0.25) is 9.59 Å². The fraction of sp³-hybridized carbons (Fsp3) is 0.500. The zero-order valence-electron chi connectivity index (χ0n) is 16.5. The second kappa shape index (κ2) is 8.71. The van der Waals surface area contributed by atoms with Crippen LogP contribution in [0, 0.1) is 11.6 Å². The Kier molecular flexibility index (Phi) is 6.03. The lowest BCUT2D eigenvalue weighted by Gasteiger charge is -2.33.